The second-order valence-corrected chi connectivity index (χ2v) is 10.6. The molecule has 2 atom stereocenters. The Balaban J connectivity index is 1.51. The summed E-state index contributed by atoms with van der Waals surface area (Å²) in [7, 11) is -3.76. The average Bonchev–Trinajstić information content (AvgIpc) is 3.43. The lowest BCUT2D eigenvalue weighted by molar-refractivity contribution is 0.181. The Hall–Kier alpha value is -2.70. The maximum Gasteiger partial charge on any atom is 0.268 e. The van der Waals surface area contributed by atoms with Crippen LogP contribution < -0.4 is 0 Å². The second-order valence-electron chi connectivity index (χ2n) is 8.79. The molecule has 0 aliphatic carbocycles. The minimum Gasteiger partial charge on any atom is -0.300 e. The van der Waals surface area contributed by atoms with Crippen molar-refractivity contribution >= 4 is 31.8 Å². The van der Waals surface area contributed by atoms with Crippen molar-refractivity contribution in [3.63, 3.8) is 0 Å². The summed E-state index contributed by atoms with van der Waals surface area (Å²) in [5.74, 6) is 0.348. The highest BCUT2D eigenvalue weighted by Crippen LogP contribution is 2.40. The molecule has 6 rings (SSSR count). The summed E-state index contributed by atoms with van der Waals surface area (Å²) in [6.07, 6.45) is 8.28. The predicted molar refractivity (Wildman–Crippen MR) is 123 cm³/mol. The Morgan fingerprint density at radius 3 is 2.74 bits per heavy atom. The number of nitrogens with zero attached hydrogens (tertiary/aromatic N) is 3. The lowest BCUT2D eigenvalue weighted by Crippen LogP contribution is -2.37. The maximum absolute atomic E-state index is 13.9. The van der Waals surface area contributed by atoms with E-state index in [9.17, 15) is 8.42 Å². The number of hydrogen-bond donors (Lipinski definition) is 0. The molecule has 158 valence electrons. The number of hydrogen-bond acceptors (Lipinski definition) is 4. The summed E-state index contributed by atoms with van der Waals surface area (Å²) in [4.78, 5) is 7.56. The molecule has 0 N–H and O–H groups in total. The van der Waals surface area contributed by atoms with Gasteiger partial charge in [-0.3, -0.25) is 4.98 Å². The van der Waals surface area contributed by atoms with Crippen LogP contribution in [0.2, 0.25) is 0 Å². The van der Waals surface area contributed by atoms with Gasteiger partial charge in [0.15, 0.2) is 0 Å². The number of pyridine rings is 1. The van der Waals surface area contributed by atoms with Gasteiger partial charge in [0, 0.05) is 29.4 Å². The largest absolute Gasteiger partial charge is 0.300 e. The van der Waals surface area contributed by atoms with E-state index in [0.717, 1.165) is 41.2 Å². The van der Waals surface area contributed by atoms with E-state index in [1.165, 1.54) is 23.4 Å². The van der Waals surface area contributed by atoms with E-state index in [-0.39, 0.29) is 0 Å². The van der Waals surface area contributed by atoms with Crippen LogP contribution in [-0.2, 0) is 10.0 Å². The molecule has 4 heterocycles. The van der Waals surface area contributed by atoms with Gasteiger partial charge in [0.2, 0.25) is 0 Å². The highest BCUT2D eigenvalue weighted by Gasteiger charge is 2.34. The van der Waals surface area contributed by atoms with Crippen molar-refractivity contribution < 1.29 is 8.42 Å². The third-order valence-corrected chi connectivity index (χ3v) is 8.83. The smallest absolute Gasteiger partial charge is 0.268 e. The molecule has 0 amide bonds. The maximum atomic E-state index is 13.9. The van der Waals surface area contributed by atoms with Gasteiger partial charge >= 0.3 is 0 Å². The van der Waals surface area contributed by atoms with E-state index >= 15 is 0 Å². The first-order valence-corrected chi connectivity index (χ1v) is 12.5. The van der Waals surface area contributed by atoms with Gasteiger partial charge in [-0.2, -0.15) is 0 Å². The molecule has 2 unspecified atom stereocenters. The fourth-order valence-corrected chi connectivity index (χ4v) is 7.17. The Bertz CT molecular complexity index is 1390. The van der Waals surface area contributed by atoms with Crippen molar-refractivity contribution in [2.75, 3.05) is 13.1 Å². The Morgan fingerprint density at radius 1 is 0.935 bits per heavy atom. The summed E-state index contributed by atoms with van der Waals surface area (Å²) in [6, 6.07) is 17.4. The zero-order valence-corrected chi connectivity index (χ0v) is 18.1. The highest BCUT2D eigenvalue weighted by molar-refractivity contribution is 7.90. The quantitative estimate of drug-likeness (QED) is 0.469. The van der Waals surface area contributed by atoms with Crippen LogP contribution in [0.1, 0.15) is 37.2 Å². The number of rotatable bonds is 3. The van der Waals surface area contributed by atoms with Crippen LogP contribution in [0.3, 0.4) is 0 Å². The summed E-state index contributed by atoms with van der Waals surface area (Å²) in [5, 5.41) is 1.67. The molecule has 2 aliphatic rings. The van der Waals surface area contributed by atoms with Gasteiger partial charge in [-0.25, -0.2) is 12.4 Å². The molecule has 4 aromatic rings. The molecule has 0 bridgehead atoms. The van der Waals surface area contributed by atoms with E-state index in [1.807, 2.05) is 54.7 Å². The molecule has 2 aromatic carbocycles. The van der Waals surface area contributed by atoms with Gasteiger partial charge in [0.05, 0.1) is 15.9 Å². The van der Waals surface area contributed by atoms with Crippen molar-refractivity contribution in [3.8, 4) is 0 Å². The molecular weight excluding hydrogens is 406 g/mol. The molecule has 0 radical (unpaired) electrons. The lowest BCUT2D eigenvalue weighted by atomic mass is 9.86. The molecule has 2 aromatic heterocycles. The fraction of sp³-hybridized carbons (Fsp3) is 0.320. The van der Waals surface area contributed by atoms with Gasteiger partial charge in [0.25, 0.3) is 10.0 Å². The van der Waals surface area contributed by atoms with Crippen molar-refractivity contribution in [3.05, 3.63) is 72.6 Å². The van der Waals surface area contributed by atoms with Crippen LogP contribution in [0.4, 0.5) is 0 Å². The van der Waals surface area contributed by atoms with E-state index in [1.54, 1.807) is 12.3 Å². The minimum absolute atomic E-state index is 0.337. The van der Waals surface area contributed by atoms with Crippen molar-refractivity contribution in [2.24, 2.45) is 0 Å². The Kier molecular flexibility index (Phi) is 4.40. The van der Waals surface area contributed by atoms with Crippen LogP contribution in [-0.4, -0.2) is 41.4 Å². The van der Waals surface area contributed by atoms with Gasteiger partial charge in [-0.15, -0.1) is 0 Å². The summed E-state index contributed by atoms with van der Waals surface area (Å²) >= 11 is 0. The number of benzene rings is 2. The standard InChI is InChI=1S/C25H25N3O2S/c29-31(30,24-11-3-7-18-6-1-2-9-21(18)24)28-17-22(25-23(28)10-4-13-26-25)19-12-15-27-14-5-8-20(27)16-19/h1-4,6-7,9-11,13,17,19-20H,5,8,12,14-16H2. The minimum atomic E-state index is -3.76. The van der Waals surface area contributed by atoms with Crippen molar-refractivity contribution in [1.82, 2.24) is 13.9 Å². The molecule has 31 heavy (non-hydrogen) atoms. The monoisotopic (exact) mass is 431 g/mol. The predicted octanol–water partition coefficient (Wildman–Crippen LogP) is 4.77. The zero-order valence-electron chi connectivity index (χ0n) is 17.3. The van der Waals surface area contributed by atoms with Crippen LogP contribution in [0.25, 0.3) is 21.8 Å². The summed E-state index contributed by atoms with van der Waals surface area (Å²) in [5.41, 5.74) is 2.56. The first-order chi connectivity index (χ1) is 15.1. The fourth-order valence-electron chi connectivity index (χ4n) is 5.59. The van der Waals surface area contributed by atoms with Gasteiger partial charge in [-0.1, -0.05) is 36.4 Å². The van der Waals surface area contributed by atoms with Crippen molar-refractivity contribution in [2.45, 2.75) is 42.5 Å². The molecule has 2 fully saturated rings. The van der Waals surface area contributed by atoms with Crippen LogP contribution in [0.15, 0.2) is 71.9 Å². The molecule has 6 heteroatoms. The first-order valence-electron chi connectivity index (χ1n) is 11.1. The van der Waals surface area contributed by atoms with Gasteiger partial charge < -0.3 is 4.90 Å². The lowest BCUT2D eigenvalue weighted by Gasteiger charge is -2.34. The normalized spacial score (nSPS) is 22.2. The topological polar surface area (TPSA) is 55.2 Å². The summed E-state index contributed by atoms with van der Waals surface area (Å²) in [6.45, 7) is 2.29. The number of fused-ring (bicyclic) bond motifs is 3. The average molecular weight is 432 g/mol. The molecule has 5 nitrogen and oxygen atoms in total. The van der Waals surface area contributed by atoms with Gasteiger partial charge in [0.1, 0.15) is 0 Å². The molecule has 2 aliphatic heterocycles. The molecule has 0 saturated carbocycles. The molecule has 2 saturated heterocycles. The van der Waals surface area contributed by atoms with Crippen LogP contribution in [0.5, 0.6) is 0 Å². The third kappa shape index (κ3) is 3.00. The van der Waals surface area contributed by atoms with E-state index in [2.05, 4.69) is 9.88 Å². The Labute approximate surface area is 182 Å². The number of aromatic nitrogens is 2. The zero-order chi connectivity index (χ0) is 21.0. The highest BCUT2D eigenvalue weighted by atomic mass is 32.2. The first kappa shape index (κ1) is 19.0. The van der Waals surface area contributed by atoms with E-state index < -0.39 is 10.0 Å². The summed E-state index contributed by atoms with van der Waals surface area (Å²) < 4.78 is 29.2. The number of piperidine rings is 1. The van der Waals surface area contributed by atoms with Gasteiger partial charge in [-0.05, 0) is 68.3 Å². The van der Waals surface area contributed by atoms with Crippen LogP contribution in [0, 0.1) is 0 Å². The molecular formula is C25H25N3O2S. The second kappa shape index (κ2) is 7.18. The van der Waals surface area contributed by atoms with E-state index in [4.69, 9.17) is 0 Å². The van der Waals surface area contributed by atoms with Crippen LogP contribution >= 0.6 is 0 Å². The molecule has 0 spiro atoms. The third-order valence-electron chi connectivity index (χ3n) is 7.10. The van der Waals surface area contributed by atoms with Crippen molar-refractivity contribution in [1.29, 1.82) is 0 Å². The Morgan fingerprint density at radius 2 is 1.81 bits per heavy atom. The van der Waals surface area contributed by atoms with E-state index in [0.29, 0.717) is 22.4 Å². The SMILES string of the molecule is O=S(=O)(c1cccc2ccccc12)n1cc(C2CCN3CCCC3C2)c2ncccc21.